The van der Waals surface area contributed by atoms with Crippen LogP contribution < -0.4 is 10.6 Å². The summed E-state index contributed by atoms with van der Waals surface area (Å²) in [7, 11) is 1.71. The number of anilines is 1. The van der Waals surface area contributed by atoms with Gasteiger partial charge in [-0.3, -0.25) is 9.59 Å². The molecule has 164 valence electrons. The Labute approximate surface area is 181 Å². The number of nitrogens with one attached hydrogen (secondary N) is 2. The van der Waals surface area contributed by atoms with Crippen molar-refractivity contribution in [3.8, 4) is 0 Å². The zero-order valence-electron chi connectivity index (χ0n) is 18.0. The van der Waals surface area contributed by atoms with E-state index < -0.39 is 0 Å². The van der Waals surface area contributed by atoms with E-state index in [2.05, 4.69) is 10.6 Å². The summed E-state index contributed by atoms with van der Waals surface area (Å²) in [6.45, 7) is 3.01. The van der Waals surface area contributed by atoms with Gasteiger partial charge >= 0.3 is 0 Å². The second-order valence-corrected chi connectivity index (χ2v) is 8.02. The topological polar surface area (TPSA) is 85.5 Å². The first-order valence-electron chi connectivity index (χ1n) is 10.9. The van der Waals surface area contributed by atoms with Gasteiger partial charge < -0.3 is 24.4 Å². The van der Waals surface area contributed by atoms with Crippen LogP contribution in [0.2, 0.25) is 0 Å². The minimum absolute atomic E-state index is 0.0300. The van der Waals surface area contributed by atoms with Crippen molar-refractivity contribution in [3.63, 3.8) is 0 Å². The zero-order valence-corrected chi connectivity index (χ0v) is 18.0. The molecule has 31 heavy (non-hydrogen) atoms. The number of methoxy groups -OCH3 is 1. The summed E-state index contributed by atoms with van der Waals surface area (Å²) < 4.78 is 12.7. The third-order valence-electron chi connectivity index (χ3n) is 6.05. The number of aromatic nitrogens is 1. The number of carbonyl (C=O) groups is 2. The van der Waals surface area contributed by atoms with Crippen molar-refractivity contribution in [2.24, 2.45) is 5.92 Å². The average molecular weight is 424 g/mol. The third-order valence-corrected chi connectivity index (χ3v) is 6.05. The van der Waals surface area contributed by atoms with Crippen LogP contribution in [0.25, 0.3) is 10.9 Å². The van der Waals surface area contributed by atoms with Gasteiger partial charge in [0.25, 0.3) is 5.91 Å². The first-order chi connectivity index (χ1) is 15.1. The second-order valence-electron chi connectivity index (χ2n) is 8.02. The molecule has 0 unspecified atom stereocenters. The van der Waals surface area contributed by atoms with Gasteiger partial charge in [0.2, 0.25) is 5.91 Å². The summed E-state index contributed by atoms with van der Waals surface area (Å²) in [4.78, 5) is 25.5. The number of nitrogens with zero attached hydrogens (tertiary/aromatic N) is 1. The van der Waals surface area contributed by atoms with E-state index in [4.69, 9.17) is 9.15 Å². The van der Waals surface area contributed by atoms with E-state index in [1.165, 1.54) is 0 Å². The Bertz CT molecular complexity index is 1050. The SMILES string of the molecule is CCn1c(C(=O)NCc2ccco2)cc2cc(NC(=O)[C@@H]3CCC[C@@H](OC)C3)ccc21. The monoisotopic (exact) mass is 423 g/mol. The highest BCUT2D eigenvalue weighted by Crippen LogP contribution is 2.28. The maximum atomic E-state index is 12.8. The summed E-state index contributed by atoms with van der Waals surface area (Å²) in [5.41, 5.74) is 2.29. The van der Waals surface area contributed by atoms with Gasteiger partial charge in [-0.05, 0) is 62.6 Å². The molecule has 2 amide bonds. The van der Waals surface area contributed by atoms with Crippen molar-refractivity contribution in [2.75, 3.05) is 12.4 Å². The molecule has 1 fully saturated rings. The van der Waals surface area contributed by atoms with Gasteiger partial charge in [-0.1, -0.05) is 6.42 Å². The van der Waals surface area contributed by atoms with Crippen LogP contribution in [-0.4, -0.2) is 29.6 Å². The Morgan fingerprint density at radius 3 is 2.84 bits per heavy atom. The van der Waals surface area contributed by atoms with Crippen LogP contribution in [0, 0.1) is 5.92 Å². The van der Waals surface area contributed by atoms with Crippen LogP contribution in [0.5, 0.6) is 0 Å². The molecule has 1 saturated carbocycles. The van der Waals surface area contributed by atoms with E-state index in [0.717, 1.165) is 42.3 Å². The van der Waals surface area contributed by atoms with Crippen LogP contribution in [0.3, 0.4) is 0 Å². The van der Waals surface area contributed by atoms with Crippen molar-refractivity contribution in [2.45, 2.75) is 51.8 Å². The number of hydrogen-bond acceptors (Lipinski definition) is 4. The molecule has 2 aromatic heterocycles. The number of rotatable bonds is 7. The second kappa shape index (κ2) is 9.39. The normalized spacial score (nSPS) is 18.8. The predicted molar refractivity (Wildman–Crippen MR) is 119 cm³/mol. The minimum atomic E-state index is -0.159. The molecule has 0 bridgehead atoms. The Hall–Kier alpha value is -3.06. The van der Waals surface area contributed by atoms with Gasteiger partial charge in [-0.25, -0.2) is 0 Å². The fourth-order valence-corrected chi connectivity index (χ4v) is 4.39. The van der Waals surface area contributed by atoms with Crippen LogP contribution in [0.4, 0.5) is 5.69 Å². The number of furan rings is 1. The van der Waals surface area contributed by atoms with Crippen molar-refractivity contribution < 1.29 is 18.7 Å². The highest BCUT2D eigenvalue weighted by atomic mass is 16.5. The lowest BCUT2D eigenvalue weighted by Crippen LogP contribution is -2.30. The van der Waals surface area contributed by atoms with Crippen molar-refractivity contribution >= 4 is 28.4 Å². The molecule has 7 nitrogen and oxygen atoms in total. The highest BCUT2D eigenvalue weighted by molar-refractivity contribution is 6.00. The Kier molecular flexibility index (Phi) is 6.42. The molecule has 0 aliphatic heterocycles. The molecule has 2 heterocycles. The third kappa shape index (κ3) is 4.66. The minimum Gasteiger partial charge on any atom is -0.467 e. The molecule has 4 rings (SSSR count). The van der Waals surface area contributed by atoms with Crippen LogP contribution in [0.1, 0.15) is 48.9 Å². The first kappa shape index (κ1) is 21.2. The molecule has 0 spiro atoms. The summed E-state index contributed by atoms with van der Waals surface area (Å²) in [6, 6.07) is 11.3. The molecule has 0 saturated heterocycles. The molecule has 1 aliphatic rings. The Morgan fingerprint density at radius 1 is 1.23 bits per heavy atom. The lowest BCUT2D eigenvalue weighted by atomic mass is 9.86. The fourth-order valence-electron chi connectivity index (χ4n) is 4.39. The standard InChI is InChI=1S/C24H29N3O4/c1-3-27-21-10-9-18(26-23(28)16-6-4-7-19(13-16)30-2)12-17(21)14-22(27)24(29)25-15-20-8-5-11-31-20/h5,8-12,14,16,19H,3-4,6-7,13,15H2,1-2H3,(H,25,29)(H,26,28)/t16-,19-/m1/s1. The van der Waals surface area contributed by atoms with E-state index >= 15 is 0 Å². The molecule has 0 radical (unpaired) electrons. The van der Waals surface area contributed by atoms with Gasteiger partial charge in [0.05, 0.1) is 18.9 Å². The molecule has 1 aromatic carbocycles. The van der Waals surface area contributed by atoms with Gasteiger partial charge in [0, 0.05) is 36.2 Å². The molecule has 2 atom stereocenters. The van der Waals surface area contributed by atoms with Crippen LogP contribution >= 0.6 is 0 Å². The Morgan fingerprint density at radius 2 is 2.10 bits per heavy atom. The van der Waals surface area contributed by atoms with E-state index in [9.17, 15) is 9.59 Å². The van der Waals surface area contributed by atoms with E-state index in [1.54, 1.807) is 19.4 Å². The number of hydrogen-bond donors (Lipinski definition) is 2. The van der Waals surface area contributed by atoms with E-state index in [0.29, 0.717) is 24.5 Å². The molecule has 3 aromatic rings. The van der Waals surface area contributed by atoms with Crippen LogP contribution in [0.15, 0.2) is 47.1 Å². The number of benzene rings is 1. The lowest BCUT2D eigenvalue weighted by Gasteiger charge is -2.27. The molecule has 7 heteroatoms. The molecular weight excluding hydrogens is 394 g/mol. The van der Waals surface area contributed by atoms with Gasteiger partial charge in [0.15, 0.2) is 0 Å². The molecular formula is C24H29N3O4. The zero-order chi connectivity index (χ0) is 21.8. The lowest BCUT2D eigenvalue weighted by molar-refractivity contribution is -0.122. The number of carbonyl (C=O) groups excluding carboxylic acids is 2. The quantitative estimate of drug-likeness (QED) is 0.592. The molecule has 2 N–H and O–H groups in total. The first-order valence-corrected chi connectivity index (χ1v) is 10.9. The van der Waals surface area contributed by atoms with E-state index in [-0.39, 0.29) is 23.8 Å². The maximum Gasteiger partial charge on any atom is 0.268 e. The van der Waals surface area contributed by atoms with Crippen LogP contribution in [-0.2, 0) is 22.6 Å². The average Bonchev–Trinajstić information content (AvgIpc) is 3.44. The van der Waals surface area contributed by atoms with Crippen molar-refractivity contribution in [1.82, 2.24) is 9.88 Å². The van der Waals surface area contributed by atoms with Gasteiger partial charge in [0.1, 0.15) is 11.5 Å². The van der Waals surface area contributed by atoms with Crippen molar-refractivity contribution in [1.29, 1.82) is 0 Å². The summed E-state index contributed by atoms with van der Waals surface area (Å²) in [5, 5.41) is 6.87. The number of ether oxygens (including phenoxy) is 1. The largest absolute Gasteiger partial charge is 0.467 e. The van der Waals surface area contributed by atoms with Gasteiger partial charge in [-0.2, -0.15) is 0 Å². The maximum absolute atomic E-state index is 12.8. The number of amides is 2. The van der Waals surface area contributed by atoms with Gasteiger partial charge in [-0.15, -0.1) is 0 Å². The Balaban J connectivity index is 1.49. The smallest absolute Gasteiger partial charge is 0.268 e. The summed E-state index contributed by atoms with van der Waals surface area (Å²) in [5.74, 6) is 0.550. The number of fused-ring (bicyclic) bond motifs is 1. The summed E-state index contributed by atoms with van der Waals surface area (Å²) >= 11 is 0. The van der Waals surface area contributed by atoms with Crippen molar-refractivity contribution in [3.05, 3.63) is 54.1 Å². The highest BCUT2D eigenvalue weighted by Gasteiger charge is 2.27. The van der Waals surface area contributed by atoms with E-state index in [1.807, 2.05) is 41.8 Å². The predicted octanol–water partition coefficient (Wildman–Crippen LogP) is 4.33. The summed E-state index contributed by atoms with van der Waals surface area (Å²) in [6.07, 6.45) is 5.42. The number of aryl methyl sites for hydroxylation is 1. The fraction of sp³-hybridized carbons (Fsp3) is 0.417. The molecule has 1 aliphatic carbocycles.